The van der Waals surface area contributed by atoms with Gasteiger partial charge in [0.2, 0.25) is 0 Å². The predicted molar refractivity (Wildman–Crippen MR) is 114 cm³/mol. The number of amides is 1. The summed E-state index contributed by atoms with van der Waals surface area (Å²) in [6.07, 6.45) is 9.18. The quantitative estimate of drug-likeness (QED) is 0.536. The maximum atomic E-state index is 12.3. The molecule has 0 radical (unpaired) electrons. The third kappa shape index (κ3) is 5.56. The van der Waals surface area contributed by atoms with Crippen molar-refractivity contribution in [3.05, 3.63) is 35.5 Å². The Kier molecular flexibility index (Phi) is 7.25. The average Bonchev–Trinajstić information content (AvgIpc) is 2.67. The van der Waals surface area contributed by atoms with Crippen LogP contribution in [0.25, 0.3) is 5.70 Å². The summed E-state index contributed by atoms with van der Waals surface area (Å²) >= 11 is 0. The van der Waals surface area contributed by atoms with E-state index >= 15 is 0 Å². The Morgan fingerprint density at radius 2 is 1.69 bits per heavy atom. The number of hydrogen-bond acceptors (Lipinski definition) is 6. The number of nitrogens with zero attached hydrogens (tertiary/aromatic N) is 2. The molecule has 0 unspecified atom stereocenters. The Bertz CT molecular complexity index is 707. The molecule has 7 heteroatoms. The van der Waals surface area contributed by atoms with Crippen LogP contribution in [-0.2, 0) is 4.74 Å². The van der Waals surface area contributed by atoms with Gasteiger partial charge in [-0.25, -0.2) is 10.6 Å². The summed E-state index contributed by atoms with van der Waals surface area (Å²) in [6.45, 7) is 0.0229. The van der Waals surface area contributed by atoms with Gasteiger partial charge >= 0.3 is 6.09 Å². The van der Waals surface area contributed by atoms with Crippen LogP contribution < -0.4 is 16.3 Å². The van der Waals surface area contributed by atoms with Gasteiger partial charge in [-0.3, -0.25) is 0 Å². The molecule has 1 amide bonds. The number of benzene rings is 1. The molecule has 29 heavy (non-hydrogen) atoms. The van der Waals surface area contributed by atoms with Crippen LogP contribution in [0.15, 0.2) is 30.0 Å². The van der Waals surface area contributed by atoms with Crippen molar-refractivity contribution >= 4 is 11.8 Å². The van der Waals surface area contributed by atoms with E-state index in [2.05, 4.69) is 0 Å². The number of hydrogen-bond donors (Lipinski definition) is 2. The molecule has 2 saturated carbocycles. The fourth-order valence-electron chi connectivity index (χ4n) is 3.78. The highest BCUT2D eigenvalue weighted by Gasteiger charge is 2.27. The second kappa shape index (κ2) is 9.87. The zero-order chi connectivity index (χ0) is 20.8. The van der Waals surface area contributed by atoms with Crippen LogP contribution >= 0.6 is 0 Å². The molecule has 2 fully saturated rings. The fourth-order valence-corrected chi connectivity index (χ4v) is 3.78. The van der Waals surface area contributed by atoms with Gasteiger partial charge in [0.1, 0.15) is 12.4 Å². The van der Waals surface area contributed by atoms with E-state index in [1.807, 2.05) is 24.3 Å². The Hall–Kier alpha value is -2.41. The highest BCUT2D eigenvalue weighted by Crippen LogP contribution is 2.26. The van der Waals surface area contributed by atoms with Gasteiger partial charge in [-0.15, -0.1) is 0 Å². The minimum absolute atomic E-state index is 0.0229. The molecule has 0 saturated heterocycles. The van der Waals surface area contributed by atoms with E-state index in [4.69, 9.17) is 21.1 Å². The first-order valence-electron chi connectivity index (χ1n) is 10.6. The third-order valence-corrected chi connectivity index (χ3v) is 6.00. The largest absolute Gasteiger partial charge is 0.490 e. The lowest BCUT2D eigenvalue weighted by Crippen LogP contribution is -2.42. The van der Waals surface area contributed by atoms with Gasteiger partial charge < -0.3 is 25.1 Å². The van der Waals surface area contributed by atoms with Crippen molar-refractivity contribution in [2.24, 2.45) is 11.6 Å². The van der Waals surface area contributed by atoms with Crippen molar-refractivity contribution in [1.82, 2.24) is 9.91 Å². The third-order valence-electron chi connectivity index (χ3n) is 6.00. The molecular weight excluding hydrogens is 368 g/mol. The van der Waals surface area contributed by atoms with Crippen LogP contribution in [0.1, 0.15) is 56.9 Å². The number of likely N-dealkylation sites (N-methyl/N-ethyl adjacent to an activating group) is 1. The Morgan fingerprint density at radius 3 is 2.24 bits per heavy atom. The second-order valence-electron chi connectivity index (χ2n) is 8.12. The van der Waals surface area contributed by atoms with Crippen LogP contribution in [0, 0.1) is 0 Å². The topological polar surface area (TPSA) is 94.0 Å². The van der Waals surface area contributed by atoms with E-state index in [1.165, 1.54) is 24.3 Å². The van der Waals surface area contributed by atoms with Crippen molar-refractivity contribution in [3.63, 3.8) is 0 Å². The van der Waals surface area contributed by atoms with Gasteiger partial charge in [-0.2, -0.15) is 0 Å². The van der Waals surface area contributed by atoms with Crippen LogP contribution in [0.3, 0.4) is 0 Å². The number of carbonyl (C=O) groups is 1. The van der Waals surface area contributed by atoms with Gasteiger partial charge in [0, 0.05) is 20.1 Å². The first kappa shape index (κ1) is 21.3. The number of nitrogens with two attached hydrogens (primary N) is 2. The van der Waals surface area contributed by atoms with Crippen molar-refractivity contribution < 1.29 is 14.3 Å². The minimum Gasteiger partial charge on any atom is -0.490 e. The van der Waals surface area contributed by atoms with Gasteiger partial charge in [0.05, 0.1) is 17.5 Å². The van der Waals surface area contributed by atoms with Crippen LogP contribution in [0.5, 0.6) is 5.75 Å². The minimum atomic E-state index is -0.349. The lowest BCUT2D eigenvalue weighted by molar-refractivity contribution is 0.0821. The van der Waals surface area contributed by atoms with E-state index in [-0.39, 0.29) is 18.7 Å². The summed E-state index contributed by atoms with van der Waals surface area (Å²) < 4.78 is 11.5. The molecule has 0 heterocycles. The van der Waals surface area contributed by atoms with Crippen molar-refractivity contribution in [3.8, 4) is 5.75 Å². The number of carbonyl (C=O) groups excluding carboxylic acids is 1. The maximum Gasteiger partial charge on any atom is 0.410 e. The summed E-state index contributed by atoms with van der Waals surface area (Å²) in [5.74, 6) is 6.81. The van der Waals surface area contributed by atoms with Gasteiger partial charge in [0.15, 0.2) is 0 Å². The molecule has 1 aromatic carbocycles. The molecular formula is C22H34N4O3. The second-order valence-corrected chi connectivity index (χ2v) is 8.12. The van der Waals surface area contributed by atoms with Gasteiger partial charge in [-0.05, 0) is 74.8 Å². The fraction of sp³-hybridized carbons (Fsp3) is 0.591. The highest BCUT2D eigenvalue weighted by atomic mass is 16.6. The molecule has 1 aromatic rings. The van der Waals surface area contributed by atoms with Crippen molar-refractivity contribution in [1.29, 1.82) is 0 Å². The Labute approximate surface area is 173 Å². The van der Waals surface area contributed by atoms with E-state index in [9.17, 15) is 4.79 Å². The Balaban J connectivity index is 1.62. The van der Waals surface area contributed by atoms with Gasteiger partial charge in [0.25, 0.3) is 0 Å². The Morgan fingerprint density at radius 1 is 1.03 bits per heavy atom. The van der Waals surface area contributed by atoms with E-state index < -0.39 is 0 Å². The molecule has 160 valence electrons. The zero-order valence-corrected chi connectivity index (χ0v) is 17.6. The summed E-state index contributed by atoms with van der Waals surface area (Å²) in [7, 11) is 3.46. The molecule has 2 aliphatic carbocycles. The average molecular weight is 403 g/mol. The number of ether oxygens (including phenoxy) is 2. The molecule has 0 aliphatic heterocycles. The first-order chi connectivity index (χ1) is 14.0. The standard InChI is InChI=1S/C22H34N4O3/c1-25(17-7-6-8-17)22(27)28-15-20(26(2)24)21(23)16-11-13-19(14-12-16)29-18-9-4-3-5-10-18/h11-14,17-18H,3-10,15,23-24H2,1-2H3/b21-20-. The van der Waals surface area contributed by atoms with Gasteiger partial charge in [-0.1, -0.05) is 6.42 Å². The normalized spacial score (nSPS) is 18.4. The molecule has 4 N–H and O–H groups in total. The molecule has 0 spiro atoms. The number of rotatable bonds is 7. The van der Waals surface area contributed by atoms with Crippen LogP contribution in [0.2, 0.25) is 0 Å². The summed E-state index contributed by atoms with van der Waals surface area (Å²) in [5, 5.41) is 1.40. The van der Waals surface area contributed by atoms with E-state index in [0.29, 0.717) is 17.5 Å². The zero-order valence-electron chi connectivity index (χ0n) is 17.6. The molecule has 7 nitrogen and oxygen atoms in total. The molecule has 3 rings (SSSR count). The van der Waals surface area contributed by atoms with Crippen molar-refractivity contribution in [2.45, 2.75) is 63.5 Å². The maximum absolute atomic E-state index is 12.3. The monoisotopic (exact) mass is 402 g/mol. The lowest BCUT2D eigenvalue weighted by Gasteiger charge is -2.34. The van der Waals surface area contributed by atoms with Crippen LogP contribution in [0.4, 0.5) is 4.79 Å². The smallest absolute Gasteiger partial charge is 0.410 e. The highest BCUT2D eigenvalue weighted by molar-refractivity contribution is 5.70. The molecule has 0 aromatic heterocycles. The molecule has 0 atom stereocenters. The van der Waals surface area contributed by atoms with E-state index in [0.717, 1.165) is 43.4 Å². The number of hydrazine groups is 1. The predicted octanol–water partition coefficient (Wildman–Crippen LogP) is 3.45. The lowest BCUT2D eigenvalue weighted by atomic mass is 9.92. The summed E-state index contributed by atoms with van der Waals surface area (Å²) in [4.78, 5) is 13.9. The van der Waals surface area contributed by atoms with Crippen LogP contribution in [-0.4, -0.2) is 48.9 Å². The first-order valence-corrected chi connectivity index (χ1v) is 10.6. The summed E-state index contributed by atoms with van der Waals surface area (Å²) in [6, 6.07) is 7.97. The summed E-state index contributed by atoms with van der Waals surface area (Å²) in [5.41, 5.74) is 8.20. The van der Waals surface area contributed by atoms with Crippen molar-refractivity contribution in [2.75, 3.05) is 20.7 Å². The SMILES string of the molecule is CN(N)/C(COC(=O)N(C)C1CCC1)=C(\N)c1ccc(OC2CCCCC2)cc1. The molecule has 2 aliphatic rings. The molecule has 0 bridgehead atoms. The van der Waals surface area contributed by atoms with E-state index in [1.54, 1.807) is 19.0 Å².